The van der Waals surface area contributed by atoms with E-state index in [9.17, 15) is 28.4 Å². The van der Waals surface area contributed by atoms with Gasteiger partial charge in [-0.15, -0.1) is 0 Å². The molecule has 3 aromatic rings. The molecule has 4 rings (SSSR count). The zero-order chi connectivity index (χ0) is 24.5. The van der Waals surface area contributed by atoms with Crippen LogP contribution in [0.15, 0.2) is 71.6 Å². The van der Waals surface area contributed by atoms with Gasteiger partial charge in [-0.05, 0) is 42.8 Å². The van der Waals surface area contributed by atoms with Crippen LogP contribution in [0.4, 0.5) is 22.7 Å². The molecule has 0 saturated carbocycles. The van der Waals surface area contributed by atoms with Crippen molar-refractivity contribution in [3.63, 3.8) is 0 Å². The van der Waals surface area contributed by atoms with E-state index in [0.29, 0.717) is 24.3 Å². The Labute approximate surface area is 195 Å². The van der Waals surface area contributed by atoms with Crippen LogP contribution >= 0.6 is 0 Å². The molecule has 0 bridgehead atoms. The second-order valence-corrected chi connectivity index (χ2v) is 9.40. The first kappa shape index (κ1) is 23.1. The number of ether oxygens (including phenoxy) is 1. The van der Waals surface area contributed by atoms with E-state index < -0.39 is 27.5 Å². The normalized spacial score (nSPS) is 12.8. The maximum atomic E-state index is 13.4. The van der Waals surface area contributed by atoms with Gasteiger partial charge in [0.1, 0.15) is 12.3 Å². The Hall–Kier alpha value is -4.12. The first-order valence-electron chi connectivity index (χ1n) is 10.2. The lowest BCUT2D eigenvalue weighted by Gasteiger charge is -2.26. The molecule has 0 atom stereocenters. The fraction of sp³-hybridized carbons (Fsp3) is 0.174. The lowest BCUT2D eigenvalue weighted by atomic mass is 10.1. The molecule has 0 unspecified atom stereocenters. The summed E-state index contributed by atoms with van der Waals surface area (Å²) in [5, 5.41) is 20.4. The molecule has 0 spiro atoms. The number of fused-ring (bicyclic) bond motifs is 1. The minimum absolute atomic E-state index is 0.236. The molecule has 1 N–H and O–H groups in total. The maximum Gasteiger partial charge on any atom is 0.324 e. The van der Waals surface area contributed by atoms with Crippen LogP contribution < -0.4 is 13.9 Å². The van der Waals surface area contributed by atoms with Crippen LogP contribution in [0.3, 0.4) is 0 Å². The molecule has 0 amide bonds. The van der Waals surface area contributed by atoms with Gasteiger partial charge < -0.3 is 14.7 Å². The number of carboxylic acid groups (broad SMARTS) is 1. The van der Waals surface area contributed by atoms with Crippen molar-refractivity contribution in [3.8, 4) is 5.75 Å². The number of non-ortho nitro benzene ring substituents is 1. The smallest absolute Gasteiger partial charge is 0.324 e. The molecule has 10 nitrogen and oxygen atoms in total. The summed E-state index contributed by atoms with van der Waals surface area (Å²) in [4.78, 5) is 23.7. The third-order valence-electron chi connectivity index (χ3n) is 5.55. The average Bonchev–Trinajstić information content (AvgIpc) is 3.27. The molecular formula is C23H21N3O7S. The minimum atomic E-state index is -4.31. The lowest BCUT2D eigenvalue weighted by Crippen LogP contribution is -2.36. The van der Waals surface area contributed by atoms with E-state index in [1.165, 1.54) is 0 Å². The number of carbonyl (C=O) groups is 1. The van der Waals surface area contributed by atoms with Gasteiger partial charge >= 0.3 is 5.97 Å². The number of nitro groups is 1. The standard InChI is InChI=1S/C23H21N3O7S/c1-33-18-5-2-4-17(14-18)24-13-12-20-21(24)6-3-7-22(20)25(15-23(27)28)34(31,32)19-10-8-16(9-11-19)26(29)30/h2-11,14H,12-13,15H2,1H3,(H,27,28). The van der Waals surface area contributed by atoms with Crippen molar-refractivity contribution in [3.05, 3.63) is 82.4 Å². The maximum absolute atomic E-state index is 13.4. The van der Waals surface area contributed by atoms with Crippen molar-refractivity contribution in [2.75, 3.05) is 29.4 Å². The third-order valence-corrected chi connectivity index (χ3v) is 7.32. The van der Waals surface area contributed by atoms with Crippen molar-refractivity contribution in [1.29, 1.82) is 0 Å². The number of nitrogens with zero attached hydrogens (tertiary/aromatic N) is 3. The van der Waals surface area contributed by atoms with Crippen molar-refractivity contribution in [1.82, 2.24) is 0 Å². The summed E-state index contributed by atoms with van der Waals surface area (Å²) in [6, 6.07) is 16.9. The van der Waals surface area contributed by atoms with Gasteiger partial charge in [-0.25, -0.2) is 8.42 Å². The molecule has 34 heavy (non-hydrogen) atoms. The monoisotopic (exact) mass is 483 g/mol. The number of methoxy groups -OCH3 is 1. The Morgan fingerprint density at radius 3 is 2.50 bits per heavy atom. The van der Waals surface area contributed by atoms with Gasteiger partial charge in [-0.2, -0.15) is 0 Å². The summed E-state index contributed by atoms with van der Waals surface area (Å²) in [6.07, 6.45) is 0.495. The Morgan fingerprint density at radius 1 is 1.15 bits per heavy atom. The van der Waals surface area contributed by atoms with Crippen LogP contribution in [0.25, 0.3) is 0 Å². The molecule has 0 radical (unpaired) electrons. The summed E-state index contributed by atoms with van der Waals surface area (Å²) in [5.41, 5.74) is 2.30. The molecule has 0 aliphatic carbocycles. The second-order valence-electron chi connectivity index (χ2n) is 7.53. The third kappa shape index (κ3) is 4.25. The number of nitro benzene ring substituents is 1. The molecule has 3 aromatic carbocycles. The number of hydrogen-bond acceptors (Lipinski definition) is 7. The van der Waals surface area contributed by atoms with Gasteiger partial charge in [0.2, 0.25) is 0 Å². The van der Waals surface area contributed by atoms with Crippen molar-refractivity contribution >= 4 is 38.7 Å². The SMILES string of the molecule is COc1cccc(N2CCc3c2cccc3N(CC(=O)O)S(=O)(=O)c2ccc([N+](=O)[O-])cc2)c1. The van der Waals surface area contributed by atoms with Crippen LogP contribution in [0.5, 0.6) is 5.75 Å². The van der Waals surface area contributed by atoms with E-state index in [2.05, 4.69) is 0 Å². The molecule has 1 aliphatic heterocycles. The first-order chi connectivity index (χ1) is 16.2. The fourth-order valence-corrected chi connectivity index (χ4v) is 5.43. The Balaban J connectivity index is 1.78. The number of rotatable bonds is 8. The van der Waals surface area contributed by atoms with Crippen LogP contribution in [-0.2, 0) is 21.2 Å². The summed E-state index contributed by atoms with van der Waals surface area (Å²) in [7, 11) is -2.74. The average molecular weight is 484 g/mol. The predicted molar refractivity (Wildman–Crippen MR) is 125 cm³/mol. The number of carboxylic acids is 1. The molecule has 1 aliphatic rings. The van der Waals surface area contributed by atoms with Gasteiger partial charge in [0.15, 0.2) is 0 Å². The van der Waals surface area contributed by atoms with E-state index in [1.54, 1.807) is 19.2 Å². The minimum Gasteiger partial charge on any atom is -0.497 e. The highest BCUT2D eigenvalue weighted by atomic mass is 32.2. The van der Waals surface area contributed by atoms with E-state index >= 15 is 0 Å². The van der Waals surface area contributed by atoms with Crippen molar-refractivity contribution < 1.29 is 28.0 Å². The van der Waals surface area contributed by atoms with Gasteiger partial charge in [-0.3, -0.25) is 19.2 Å². The summed E-state index contributed by atoms with van der Waals surface area (Å²) < 4.78 is 33.0. The highest BCUT2D eigenvalue weighted by Gasteiger charge is 2.32. The number of sulfonamides is 1. The fourth-order valence-electron chi connectivity index (χ4n) is 3.99. The van der Waals surface area contributed by atoms with E-state index in [0.717, 1.165) is 39.9 Å². The molecule has 0 fully saturated rings. The van der Waals surface area contributed by atoms with E-state index in [4.69, 9.17) is 4.74 Å². The van der Waals surface area contributed by atoms with E-state index in [1.807, 2.05) is 35.2 Å². The lowest BCUT2D eigenvalue weighted by molar-refractivity contribution is -0.384. The van der Waals surface area contributed by atoms with Gasteiger partial charge in [0, 0.05) is 41.7 Å². The highest BCUT2D eigenvalue weighted by molar-refractivity contribution is 7.92. The summed E-state index contributed by atoms with van der Waals surface area (Å²) in [6.45, 7) is -0.229. The summed E-state index contributed by atoms with van der Waals surface area (Å²) >= 11 is 0. The molecular weight excluding hydrogens is 462 g/mol. The van der Waals surface area contributed by atoms with Crippen LogP contribution in [0.2, 0.25) is 0 Å². The van der Waals surface area contributed by atoms with Crippen molar-refractivity contribution in [2.45, 2.75) is 11.3 Å². The quantitative estimate of drug-likeness (QED) is 0.380. The Bertz CT molecular complexity index is 1360. The highest BCUT2D eigenvalue weighted by Crippen LogP contribution is 2.41. The number of hydrogen-bond donors (Lipinski definition) is 1. The molecule has 0 aromatic heterocycles. The largest absolute Gasteiger partial charge is 0.497 e. The number of benzene rings is 3. The topological polar surface area (TPSA) is 130 Å². The second kappa shape index (κ2) is 9.02. The molecule has 0 saturated heterocycles. The van der Waals surface area contributed by atoms with Crippen LogP contribution in [-0.4, -0.2) is 44.6 Å². The first-order valence-corrected chi connectivity index (χ1v) is 11.7. The van der Waals surface area contributed by atoms with Crippen LogP contribution in [0, 0.1) is 10.1 Å². The van der Waals surface area contributed by atoms with Crippen molar-refractivity contribution in [2.24, 2.45) is 0 Å². The molecule has 11 heteroatoms. The van der Waals surface area contributed by atoms with E-state index in [-0.39, 0.29) is 16.3 Å². The van der Waals surface area contributed by atoms with Crippen LogP contribution in [0.1, 0.15) is 5.56 Å². The summed E-state index contributed by atoms with van der Waals surface area (Å²) in [5.74, 6) is -0.652. The number of anilines is 3. The zero-order valence-electron chi connectivity index (χ0n) is 18.1. The Morgan fingerprint density at radius 2 is 1.85 bits per heavy atom. The molecule has 176 valence electrons. The van der Waals surface area contributed by atoms with Gasteiger partial charge in [0.05, 0.1) is 22.6 Å². The van der Waals surface area contributed by atoms with Gasteiger partial charge in [0.25, 0.3) is 15.7 Å². The number of aliphatic carboxylic acids is 1. The molecule has 1 heterocycles. The Kier molecular flexibility index (Phi) is 6.12. The van der Waals surface area contributed by atoms with Gasteiger partial charge in [-0.1, -0.05) is 12.1 Å². The predicted octanol–water partition coefficient (Wildman–Crippen LogP) is 3.58. The zero-order valence-corrected chi connectivity index (χ0v) is 18.9.